The zero-order valence-corrected chi connectivity index (χ0v) is 14.9. The standard InChI is InChI=1S/C20H18N2O5/c1-3-27-15-9-7-14(8-10-15)22-19(24)17(18(23)21-20(22)25)12-13-5-4-6-16(11-13)26-2/h4-12H,3H2,1-2H3,(H,21,23,25)/b17-12-. The van der Waals surface area contributed by atoms with Crippen LogP contribution in [0.1, 0.15) is 12.5 Å². The Labute approximate surface area is 156 Å². The van der Waals surface area contributed by atoms with Crippen molar-refractivity contribution in [3.63, 3.8) is 0 Å². The van der Waals surface area contributed by atoms with Gasteiger partial charge in [-0.05, 0) is 55.0 Å². The van der Waals surface area contributed by atoms with Crippen LogP contribution in [0.3, 0.4) is 0 Å². The van der Waals surface area contributed by atoms with E-state index in [-0.39, 0.29) is 5.57 Å². The van der Waals surface area contributed by atoms with E-state index >= 15 is 0 Å². The van der Waals surface area contributed by atoms with Crippen molar-refractivity contribution in [3.05, 3.63) is 59.7 Å². The van der Waals surface area contributed by atoms with E-state index in [2.05, 4.69) is 5.32 Å². The van der Waals surface area contributed by atoms with Gasteiger partial charge >= 0.3 is 6.03 Å². The number of carbonyl (C=O) groups is 3. The minimum atomic E-state index is -0.794. The number of hydrogen-bond donors (Lipinski definition) is 1. The molecule has 7 nitrogen and oxygen atoms in total. The summed E-state index contributed by atoms with van der Waals surface area (Å²) in [6.07, 6.45) is 1.42. The summed E-state index contributed by atoms with van der Waals surface area (Å²) in [5, 5.41) is 2.19. The summed E-state index contributed by atoms with van der Waals surface area (Å²) in [7, 11) is 1.52. The van der Waals surface area contributed by atoms with E-state index in [1.54, 1.807) is 48.5 Å². The molecule has 0 bridgehead atoms. The number of nitrogens with one attached hydrogen (secondary N) is 1. The molecule has 27 heavy (non-hydrogen) atoms. The Hall–Kier alpha value is -3.61. The molecule has 0 unspecified atom stereocenters. The predicted octanol–water partition coefficient (Wildman–Crippen LogP) is 2.76. The lowest BCUT2D eigenvalue weighted by Gasteiger charge is -2.26. The van der Waals surface area contributed by atoms with E-state index in [4.69, 9.17) is 9.47 Å². The van der Waals surface area contributed by atoms with Crippen molar-refractivity contribution < 1.29 is 23.9 Å². The second-order valence-electron chi connectivity index (χ2n) is 5.66. The van der Waals surface area contributed by atoms with Crippen LogP contribution in [0, 0.1) is 0 Å². The second kappa shape index (κ2) is 7.74. The number of barbiturate groups is 1. The van der Waals surface area contributed by atoms with Crippen LogP contribution in [0.2, 0.25) is 0 Å². The second-order valence-corrected chi connectivity index (χ2v) is 5.66. The number of imide groups is 2. The number of amides is 4. The Bertz CT molecular complexity index is 918. The first-order valence-corrected chi connectivity index (χ1v) is 8.32. The molecule has 0 radical (unpaired) electrons. The maximum absolute atomic E-state index is 12.8. The van der Waals surface area contributed by atoms with E-state index in [1.165, 1.54) is 13.2 Å². The molecule has 0 aromatic heterocycles. The van der Waals surface area contributed by atoms with Crippen molar-refractivity contribution in [1.82, 2.24) is 5.32 Å². The highest BCUT2D eigenvalue weighted by atomic mass is 16.5. The molecule has 2 aromatic carbocycles. The smallest absolute Gasteiger partial charge is 0.335 e. The van der Waals surface area contributed by atoms with Crippen LogP contribution >= 0.6 is 0 Å². The number of methoxy groups -OCH3 is 1. The molecule has 1 fully saturated rings. The van der Waals surface area contributed by atoms with Crippen LogP contribution in [0.15, 0.2) is 54.1 Å². The number of rotatable bonds is 5. The van der Waals surface area contributed by atoms with Gasteiger partial charge in [-0.2, -0.15) is 0 Å². The van der Waals surface area contributed by atoms with E-state index in [0.717, 1.165) is 4.90 Å². The van der Waals surface area contributed by atoms with Gasteiger partial charge in [-0.15, -0.1) is 0 Å². The first-order valence-electron chi connectivity index (χ1n) is 8.32. The van der Waals surface area contributed by atoms with E-state index in [1.807, 2.05) is 6.92 Å². The van der Waals surface area contributed by atoms with Crippen molar-refractivity contribution in [2.24, 2.45) is 0 Å². The van der Waals surface area contributed by atoms with Gasteiger partial charge in [0.05, 0.1) is 19.4 Å². The molecular formula is C20H18N2O5. The lowest BCUT2D eigenvalue weighted by atomic mass is 10.1. The quantitative estimate of drug-likeness (QED) is 0.650. The van der Waals surface area contributed by atoms with Gasteiger partial charge in [0.1, 0.15) is 17.1 Å². The Morgan fingerprint density at radius 2 is 1.78 bits per heavy atom. The fourth-order valence-corrected chi connectivity index (χ4v) is 2.65. The van der Waals surface area contributed by atoms with Crippen molar-refractivity contribution in [1.29, 1.82) is 0 Å². The maximum atomic E-state index is 12.8. The molecule has 1 aliphatic rings. The normalized spacial score (nSPS) is 15.7. The summed E-state index contributed by atoms with van der Waals surface area (Å²) in [6, 6.07) is 12.6. The fraction of sp³-hybridized carbons (Fsp3) is 0.150. The average Bonchev–Trinajstić information content (AvgIpc) is 2.67. The molecule has 1 heterocycles. The molecule has 1 N–H and O–H groups in total. The Morgan fingerprint density at radius 3 is 2.44 bits per heavy atom. The molecule has 3 rings (SSSR count). The maximum Gasteiger partial charge on any atom is 0.335 e. The topological polar surface area (TPSA) is 84.9 Å². The third-order valence-corrected chi connectivity index (χ3v) is 3.91. The van der Waals surface area contributed by atoms with Gasteiger partial charge < -0.3 is 9.47 Å². The summed E-state index contributed by atoms with van der Waals surface area (Å²) in [6.45, 7) is 2.36. The molecule has 0 spiro atoms. The molecule has 4 amide bonds. The minimum Gasteiger partial charge on any atom is -0.497 e. The lowest BCUT2D eigenvalue weighted by Crippen LogP contribution is -2.54. The van der Waals surface area contributed by atoms with Crippen LogP contribution in [0.5, 0.6) is 11.5 Å². The van der Waals surface area contributed by atoms with Crippen molar-refractivity contribution in [2.75, 3.05) is 18.6 Å². The average molecular weight is 366 g/mol. The van der Waals surface area contributed by atoms with Gasteiger partial charge in [0.25, 0.3) is 11.8 Å². The highest BCUT2D eigenvalue weighted by Gasteiger charge is 2.36. The van der Waals surface area contributed by atoms with Crippen molar-refractivity contribution >= 4 is 29.6 Å². The van der Waals surface area contributed by atoms with Gasteiger partial charge in [0, 0.05) is 0 Å². The Balaban J connectivity index is 1.94. The van der Waals surface area contributed by atoms with Gasteiger partial charge in [-0.1, -0.05) is 12.1 Å². The summed E-state index contributed by atoms with van der Waals surface area (Å²) in [5.41, 5.74) is 0.801. The number of urea groups is 1. The molecule has 1 saturated heterocycles. The van der Waals surface area contributed by atoms with Crippen molar-refractivity contribution in [2.45, 2.75) is 6.92 Å². The molecule has 0 saturated carbocycles. The van der Waals surface area contributed by atoms with Crippen LogP contribution in [-0.4, -0.2) is 31.6 Å². The first kappa shape index (κ1) is 18.2. The van der Waals surface area contributed by atoms with E-state index in [9.17, 15) is 14.4 Å². The zero-order valence-electron chi connectivity index (χ0n) is 14.9. The highest BCUT2D eigenvalue weighted by molar-refractivity contribution is 6.39. The van der Waals surface area contributed by atoms with Crippen LogP contribution < -0.4 is 19.7 Å². The summed E-state index contributed by atoms with van der Waals surface area (Å²) < 4.78 is 10.5. The Kier molecular flexibility index (Phi) is 5.21. The molecule has 7 heteroatoms. The lowest BCUT2D eigenvalue weighted by molar-refractivity contribution is -0.122. The minimum absolute atomic E-state index is 0.142. The van der Waals surface area contributed by atoms with Gasteiger partial charge in [0.15, 0.2) is 0 Å². The number of benzene rings is 2. The van der Waals surface area contributed by atoms with Crippen LogP contribution in [-0.2, 0) is 9.59 Å². The molecular weight excluding hydrogens is 348 g/mol. The summed E-state index contributed by atoms with van der Waals surface area (Å²) in [4.78, 5) is 38.2. The summed E-state index contributed by atoms with van der Waals surface area (Å²) in [5.74, 6) is -0.229. The number of hydrogen-bond acceptors (Lipinski definition) is 5. The molecule has 0 aliphatic carbocycles. The van der Waals surface area contributed by atoms with Gasteiger partial charge in [-0.3, -0.25) is 14.9 Å². The highest BCUT2D eigenvalue weighted by Crippen LogP contribution is 2.25. The number of anilines is 1. The number of ether oxygens (including phenoxy) is 2. The largest absolute Gasteiger partial charge is 0.497 e. The SMILES string of the molecule is CCOc1ccc(N2C(=O)NC(=O)/C(=C/c3cccc(OC)c3)C2=O)cc1. The third kappa shape index (κ3) is 3.82. The third-order valence-electron chi connectivity index (χ3n) is 3.91. The molecule has 0 atom stereocenters. The summed E-state index contributed by atoms with van der Waals surface area (Å²) >= 11 is 0. The van der Waals surface area contributed by atoms with Crippen molar-refractivity contribution in [3.8, 4) is 11.5 Å². The number of nitrogens with zero attached hydrogens (tertiary/aromatic N) is 1. The monoisotopic (exact) mass is 366 g/mol. The Morgan fingerprint density at radius 1 is 1.04 bits per heavy atom. The van der Waals surface area contributed by atoms with E-state index in [0.29, 0.717) is 29.4 Å². The van der Waals surface area contributed by atoms with E-state index < -0.39 is 17.8 Å². The van der Waals surface area contributed by atoms with Crippen LogP contribution in [0.4, 0.5) is 10.5 Å². The molecule has 138 valence electrons. The fourth-order valence-electron chi connectivity index (χ4n) is 2.65. The molecule has 1 aliphatic heterocycles. The molecule has 2 aromatic rings. The zero-order chi connectivity index (χ0) is 19.4. The number of carbonyl (C=O) groups excluding carboxylic acids is 3. The first-order chi connectivity index (χ1) is 13.0. The van der Waals surface area contributed by atoms with Gasteiger partial charge in [-0.25, -0.2) is 9.69 Å². The predicted molar refractivity (Wildman–Crippen MR) is 99.6 cm³/mol. The van der Waals surface area contributed by atoms with Crippen LogP contribution in [0.25, 0.3) is 6.08 Å². The van der Waals surface area contributed by atoms with Gasteiger partial charge in [0.2, 0.25) is 0 Å².